The summed E-state index contributed by atoms with van der Waals surface area (Å²) in [7, 11) is 1.65. The molecule has 1 aromatic heterocycles. The summed E-state index contributed by atoms with van der Waals surface area (Å²) in [5, 5.41) is 6.53. The number of benzene rings is 1. The molecule has 0 saturated heterocycles. The van der Waals surface area contributed by atoms with Crippen molar-refractivity contribution in [1.29, 1.82) is 0 Å². The lowest BCUT2D eigenvalue weighted by molar-refractivity contribution is -0.117. The average molecular weight is 327 g/mol. The van der Waals surface area contributed by atoms with Crippen molar-refractivity contribution in [3.05, 3.63) is 46.3 Å². The summed E-state index contributed by atoms with van der Waals surface area (Å²) in [5.74, 6) is 0.123. The fraction of sp³-hybridized carbons (Fsp3) is 0.389. The van der Waals surface area contributed by atoms with E-state index in [4.69, 9.17) is 4.52 Å². The predicted octanol–water partition coefficient (Wildman–Crippen LogP) is 2.17. The molecule has 0 bridgehead atoms. The molecule has 0 spiro atoms. The zero-order valence-corrected chi connectivity index (χ0v) is 14.2. The number of aryl methyl sites for hydroxylation is 4. The number of amides is 2. The normalized spacial score (nSPS) is 12.8. The lowest BCUT2D eigenvalue weighted by atomic mass is 10.1. The Balaban J connectivity index is 1.63. The molecule has 1 aliphatic carbocycles. The Morgan fingerprint density at radius 2 is 2.00 bits per heavy atom. The Morgan fingerprint density at radius 3 is 2.71 bits per heavy atom. The maximum atomic E-state index is 12.3. The van der Waals surface area contributed by atoms with Gasteiger partial charge in [-0.05, 0) is 56.4 Å². The van der Waals surface area contributed by atoms with E-state index >= 15 is 0 Å². The fourth-order valence-electron chi connectivity index (χ4n) is 3.17. The number of aromatic nitrogens is 1. The maximum Gasteiger partial charge on any atom is 0.251 e. The molecule has 0 fully saturated rings. The van der Waals surface area contributed by atoms with Crippen molar-refractivity contribution in [2.45, 2.75) is 33.1 Å². The molecule has 126 valence electrons. The first kappa shape index (κ1) is 16.2. The summed E-state index contributed by atoms with van der Waals surface area (Å²) in [6, 6.07) is 5.76. The van der Waals surface area contributed by atoms with Gasteiger partial charge in [0.25, 0.3) is 5.91 Å². The predicted molar refractivity (Wildman–Crippen MR) is 90.2 cm³/mol. The molecule has 24 heavy (non-hydrogen) atoms. The van der Waals surface area contributed by atoms with Crippen LogP contribution in [-0.4, -0.2) is 30.6 Å². The Kier molecular flexibility index (Phi) is 4.38. The second-order valence-electron chi connectivity index (χ2n) is 6.15. The molecule has 6 heteroatoms. The van der Waals surface area contributed by atoms with E-state index in [-0.39, 0.29) is 18.4 Å². The highest BCUT2D eigenvalue weighted by Crippen LogP contribution is 2.23. The van der Waals surface area contributed by atoms with E-state index in [0.717, 1.165) is 19.3 Å². The minimum absolute atomic E-state index is 0.0729. The fourth-order valence-corrected chi connectivity index (χ4v) is 3.17. The van der Waals surface area contributed by atoms with Gasteiger partial charge < -0.3 is 14.7 Å². The van der Waals surface area contributed by atoms with Crippen molar-refractivity contribution in [2.75, 3.05) is 18.5 Å². The van der Waals surface area contributed by atoms with Gasteiger partial charge in [0.1, 0.15) is 11.4 Å². The van der Waals surface area contributed by atoms with Crippen LogP contribution in [0.2, 0.25) is 0 Å². The quantitative estimate of drug-likeness (QED) is 0.934. The van der Waals surface area contributed by atoms with E-state index in [1.54, 1.807) is 20.9 Å². The molecule has 2 amide bonds. The number of hydrogen-bond donors (Lipinski definition) is 1. The Morgan fingerprint density at radius 1 is 1.25 bits per heavy atom. The van der Waals surface area contributed by atoms with Crippen molar-refractivity contribution in [3.8, 4) is 0 Å². The highest BCUT2D eigenvalue weighted by Gasteiger charge is 2.20. The van der Waals surface area contributed by atoms with E-state index in [1.165, 1.54) is 16.0 Å². The molecule has 1 aliphatic rings. The summed E-state index contributed by atoms with van der Waals surface area (Å²) < 4.78 is 5.07. The minimum Gasteiger partial charge on any atom is -0.359 e. The molecule has 1 aromatic carbocycles. The summed E-state index contributed by atoms with van der Waals surface area (Å²) >= 11 is 0. The number of hydrogen-bond acceptors (Lipinski definition) is 4. The van der Waals surface area contributed by atoms with Crippen LogP contribution in [0, 0.1) is 13.8 Å². The van der Waals surface area contributed by atoms with Crippen molar-refractivity contribution in [1.82, 2.24) is 10.5 Å². The maximum absolute atomic E-state index is 12.3. The van der Waals surface area contributed by atoms with E-state index in [2.05, 4.69) is 10.5 Å². The summed E-state index contributed by atoms with van der Waals surface area (Å²) in [6.07, 6.45) is 3.24. The third-order valence-electron chi connectivity index (χ3n) is 4.47. The van der Waals surface area contributed by atoms with Gasteiger partial charge in [0.15, 0.2) is 5.76 Å². The average Bonchev–Trinajstić information content (AvgIpc) is 3.17. The number of carbonyl (C=O) groups is 2. The molecule has 0 unspecified atom stereocenters. The minimum atomic E-state index is -0.231. The lowest BCUT2D eigenvalue weighted by Gasteiger charge is -2.17. The van der Waals surface area contributed by atoms with E-state index < -0.39 is 0 Å². The van der Waals surface area contributed by atoms with Gasteiger partial charge in [-0.25, -0.2) is 0 Å². The van der Waals surface area contributed by atoms with Crippen LogP contribution in [-0.2, 0) is 17.6 Å². The number of likely N-dealkylation sites (N-methyl/N-ethyl adjacent to an activating group) is 1. The van der Waals surface area contributed by atoms with Crippen LogP contribution in [0.1, 0.15) is 39.4 Å². The monoisotopic (exact) mass is 327 g/mol. The van der Waals surface area contributed by atoms with Crippen molar-refractivity contribution in [3.63, 3.8) is 0 Å². The molecule has 0 saturated carbocycles. The van der Waals surface area contributed by atoms with Gasteiger partial charge in [-0.1, -0.05) is 11.2 Å². The van der Waals surface area contributed by atoms with Gasteiger partial charge in [0, 0.05) is 12.6 Å². The summed E-state index contributed by atoms with van der Waals surface area (Å²) in [6.45, 7) is 3.46. The SMILES string of the molecule is Cc1noc(C)c1N(C)C(=O)CNC(=O)c1ccc2c(c1)CCC2. The van der Waals surface area contributed by atoms with Gasteiger partial charge >= 0.3 is 0 Å². The zero-order chi connectivity index (χ0) is 17.3. The zero-order valence-electron chi connectivity index (χ0n) is 14.2. The number of rotatable bonds is 4. The Hall–Kier alpha value is -2.63. The van der Waals surface area contributed by atoms with Crippen LogP contribution in [0.5, 0.6) is 0 Å². The molecule has 1 N–H and O–H groups in total. The van der Waals surface area contributed by atoms with Gasteiger partial charge in [0.05, 0.1) is 6.54 Å². The van der Waals surface area contributed by atoms with Crippen molar-refractivity contribution in [2.24, 2.45) is 0 Å². The third kappa shape index (κ3) is 3.04. The van der Waals surface area contributed by atoms with Crippen molar-refractivity contribution >= 4 is 17.5 Å². The first-order chi connectivity index (χ1) is 11.5. The molecule has 6 nitrogen and oxygen atoms in total. The van der Waals surface area contributed by atoms with Gasteiger partial charge in [-0.2, -0.15) is 0 Å². The molecule has 2 aromatic rings. The Bertz CT molecular complexity index is 775. The van der Waals surface area contributed by atoms with Crippen LogP contribution in [0.15, 0.2) is 22.7 Å². The van der Waals surface area contributed by atoms with E-state index in [1.807, 2.05) is 18.2 Å². The highest BCUT2D eigenvalue weighted by molar-refractivity contribution is 6.00. The Labute approximate surface area is 140 Å². The number of nitrogens with one attached hydrogen (secondary N) is 1. The molecular formula is C18H21N3O3. The number of nitrogens with zero attached hydrogens (tertiary/aromatic N) is 2. The van der Waals surface area contributed by atoms with Crippen LogP contribution in [0.4, 0.5) is 5.69 Å². The number of anilines is 1. The second kappa shape index (κ2) is 6.47. The van der Waals surface area contributed by atoms with Gasteiger partial charge in [-0.15, -0.1) is 0 Å². The van der Waals surface area contributed by atoms with Crippen LogP contribution in [0.3, 0.4) is 0 Å². The van der Waals surface area contributed by atoms with Gasteiger partial charge in [-0.3, -0.25) is 9.59 Å². The highest BCUT2D eigenvalue weighted by atomic mass is 16.5. The smallest absolute Gasteiger partial charge is 0.251 e. The number of carbonyl (C=O) groups excluding carboxylic acids is 2. The third-order valence-corrected chi connectivity index (χ3v) is 4.47. The van der Waals surface area contributed by atoms with Crippen LogP contribution in [0.25, 0.3) is 0 Å². The molecule has 1 heterocycles. The molecular weight excluding hydrogens is 306 g/mol. The molecule has 0 radical (unpaired) electrons. The number of fused-ring (bicyclic) bond motifs is 1. The van der Waals surface area contributed by atoms with Crippen LogP contribution >= 0.6 is 0 Å². The summed E-state index contributed by atoms with van der Waals surface area (Å²) in [5.41, 5.74) is 4.45. The van der Waals surface area contributed by atoms with Gasteiger partial charge in [0.2, 0.25) is 5.91 Å². The van der Waals surface area contributed by atoms with E-state index in [0.29, 0.717) is 22.7 Å². The van der Waals surface area contributed by atoms with Crippen molar-refractivity contribution < 1.29 is 14.1 Å². The first-order valence-corrected chi connectivity index (χ1v) is 8.07. The standard InChI is InChI=1S/C18H21N3O3/c1-11-17(12(2)24-20-11)21(3)16(22)10-19-18(23)15-8-7-13-5-4-6-14(13)9-15/h7-9H,4-6,10H2,1-3H3,(H,19,23). The molecule has 0 aliphatic heterocycles. The molecule has 3 rings (SSSR count). The van der Waals surface area contributed by atoms with E-state index in [9.17, 15) is 9.59 Å². The lowest BCUT2D eigenvalue weighted by Crippen LogP contribution is -2.38. The first-order valence-electron chi connectivity index (χ1n) is 8.07. The summed E-state index contributed by atoms with van der Waals surface area (Å²) in [4.78, 5) is 26.1. The largest absolute Gasteiger partial charge is 0.359 e. The van der Waals surface area contributed by atoms with Crippen LogP contribution < -0.4 is 10.2 Å². The molecule has 0 atom stereocenters. The topological polar surface area (TPSA) is 75.4 Å². The second-order valence-corrected chi connectivity index (χ2v) is 6.15.